The van der Waals surface area contributed by atoms with Crippen molar-refractivity contribution in [3.05, 3.63) is 137 Å². The van der Waals surface area contributed by atoms with Crippen molar-refractivity contribution in [3.8, 4) is 11.1 Å². The zero-order chi connectivity index (χ0) is 29.4. The number of H-pyrrole nitrogens is 1. The van der Waals surface area contributed by atoms with Gasteiger partial charge < -0.3 is 19.9 Å². The van der Waals surface area contributed by atoms with E-state index in [1.165, 1.54) is 6.33 Å². The molecular weight excluding hydrogens is 560 g/mol. The lowest BCUT2D eigenvalue weighted by molar-refractivity contribution is -0.245. The molecule has 0 unspecified atom stereocenters. The second-order valence-corrected chi connectivity index (χ2v) is 11.3. The highest BCUT2D eigenvalue weighted by atomic mass is 32.2. The number of aliphatic hydroxyl groups excluding tert-OH is 1. The molecule has 0 spiro atoms. The summed E-state index contributed by atoms with van der Waals surface area (Å²) in [4.78, 5) is 16.8. The number of carbonyl (C=O) groups is 1. The summed E-state index contributed by atoms with van der Waals surface area (Å²) in [5.41, 5.74) is 6.54. The average molecular weight is 593 g/mol. The van der Waals surface area contributed by atoms with Crippen LogP contribution in [-0.4, -0.2) is 38.1 Å². The number of amides is 1. The van der Waals surface area contributed by atoms with Gasteiger partial charge in [-0.25, -0.2) is 4.98 Å². The highest BCUT2D eigenvalue weighted by Gasteiger charge is 2.32. The molecule has 5 aromatic rings. The molecule has 1 aliphatic rings. The first-order valence-corrected chi connectivity index (χ1v) is 15.1. The van der Waals surface area contributed by atoms with E-state index in [0.29, 0.717) is 24.3 Å². The van der Waals surface area contributed by atoms with Crippen molar-refractivity contribution in [2.45, 2.75) is 43.2 Å². The Bertz CT molecular complexity index is 1630. The highest BCUT2D eigenvalue weighted by molar-refractivity contribution is 7.99. The van der Waals surface area contributed by atoms with Crippen molar-refractivity contribution in [3.63, 3.8) is 0 Å². The molecule has 1 saturated heterocycles. The molecule has 0 aliphatic carbocycles. The Morgan fingerprint density at radius 2 is 1.67 bits per heavy atom. The van der Waals surface area contributed by atoms with Crippen LogP contribution in [0.1, 0.15) is 51.4 Å². The van der Waals surface area contributed by atoms with Crippen LogP contribution in [-0.2, 0) is 22.6 Å². The number of ether oxygens (including phenoxy) is 2. The number of rotatable bonds is 10. The molecule has 1 amide bonds. The molecule has 1 aromatic heterocycles. The van der Waals surface area contributed by atoms with Crippen LogP contribution in [0.3, 0.4) is 0 Å². The van der Waals surface area contributed by atoms with Crippen molar-refractivity contribution >= 4 is 17.7 Å². The molecule has 0 bridgehead atoms. The molecule has 0 radical (unpaired) electrons. The molecule has 8 nitrogen and oxygen atoms in total. The van der Waals surface area contributed by atoms with Gasteiger partial charge in [-0.1, -0.05) is 90.6 Å². The summed E-state index contributed by atoms with van der Waals surface area (Å²) < 4.78 is 13.0. The van der Waals surface area contributed by atoms with E-state index < -0.39 is 6.29 Å². The molecule has 1 fully saturated rings. The lowest BCUT2D eigenvalue weighted by Gasteiger charge is -2.36. The predicted molar refractivity (Wildman–Crippen MR) is 165 cm³/mol. The van der Waals surface area contributed by atoms with Gasteiger partial charge in [-0.15, -0.1) is 0 Å². The fraction of sp³-hybridized carbons (Fsp3) is 0.206. The summed E-state index contributed by atoms with van der Waals surface area (Å²) in [5.74, 6) is 0.590. The lowest BCUT2D eigenvalue weighted by atomic mass is 9.99. The van der Waals surface area contributed by atoms with E-state index in [4.69, 9.17) is 9.47 Å². The van der Waals surface area contributed by atoms with E-state index in [1.54, 1.807) is 23.9 Å². The largest absolute Gasteiger partial charge is 0.392 e. The van der Waals surface area contributed by atoms with Crippen LogP contribution in [0.4, 0.5) is 0 Å². The van der Waals surface area contributed by atoms with E-state index in [9.17, 15) is 9.90 Å². The van der Waals surface area contributed by atoms with Gasteiger partial charge in [-0.05, 0) is 52.1 Å². The van der Waals surface area contributed by atoms with Crippen LogP contribution < -0.4 is 5.32 Å². The maximum Gasteiger partial charge on any atom is 0.251 e. The first-order valence-electron chi connectivity index (χ1n) is 14.2. The van der Waals surface area contributed by atoms with Gasteiger partial charge >= 0.3 is 0 Å². The quantitative estimate of drug-likeness (QED) is 0.165. The molecular formula is C34H32N4O4S. The van der Waals surface area contributed by atoms with E-state index in [0.717, 1.165) is 38.5 Å². The number of carbonyl (C=O) groups excluding carboxylic acids is 1. The molecule has 9 heteroatoms. The summed E-state index contributed by atoms with van der Waals surface area (Å²) in [6.07, 6.45) is 1.36. The summed E-state index contributed by atoms with van der Waals surface area (Å²) in [6.45, 7) is 0.429. The minimum Gasteiger partial charge on any atom is -0.392 e. The zero-order valence-electron chi connectivity index (χ0n) is 23.4. The molecule has 4 aromatic carbocycles. The molecule has 0 saturated carbocycles. The molecule has 6 rings (SSSR count). The summed E-state index contributed by atoms with van der Waals surface area (Å²) in [6, 6.07) is 33.5. The number of hydrogen-bond acceptors (Lipinski definition) is 7. The maximum atomic E-state index is 12.5. The molecule has 2 heterocycles. The number of aromatic nitrogens is 3. The first kappa shape index (κ1) is 28.8. The van der Waals surface area contributed by atoms with Crippen molar-refractivity contribution < 1.29 is 19.4 Å². The standard InChI is InChI=1S/C34H32N4O4S/c39-20-23-12-14-25(15-13-23)31-18-30(21-43-34-36-22-37-38-34)41-33(42-31)29-11-5-10-28(17-29)27-9-4-6-24(16-27)19-35-32(40)26-7-2-1-3-8-26/h1-17,22,30-31,33,39H,18-21H2,(H,35,40)(H,36,37,38)/t30-,31+,33+/m0/s1. The molecule has 43 heavy (non-hydrogen) atoms. The third kappa shape index (κ3) is 7.39. The van der Waals surface area contributed by atoms with E-state index in [-0.39, 0.29) is 24.7 Å². The Balaban J connectivity index is 1.19. The predicted octanol–water partition coefficient (Wildman–Crippen LogP) is 6.23. The Hall–Kier alpha value is -4.28. The topological polar surface area (TPSA) is 109 Å². The van der Waals surface area contributed by atoms with E-state index in [1.807, 2.05) is 66.7 Å². The summed E-state index contributed by atoms with van der Waals surface area (Å²) >= 11 is 1.57. The summed E-state index contributed by atoms with van der Waals surface area (Å²) in [5, 5.41) is 20.1. The molecule has 218 valence electrons. The smallest absolute Gasteiger partial charge is 0.251 e. The Morgan fingerprint density at radius 3 is 2.44 bits per heavy atom. The molecule has 1 aliphatic heterocycles. The second kappa shape index (κ2) is 13.8. The van der Waals surface area contributed by atoms with Gasteiger partial charge in [-0.2, -0.15) is 5.10 Å². The average Bonchev–Trinajstić information content (AvgIpc) is 3.61. The third-order valence-electron chi connectivity index (χ3n) is 7.32. The number of hydrogen-bond donors (Lipinski definition) is 3. The van der Waals surface area contributed by atoms with Crippen molar-refractivity contribution in [2.75, 3.05) is 5.75 Å². The van der Waals surface area contributed by atoms with Gasteiger partial charge in [0.05, 0.1) is 18.8 Å². The second-order valence-electron chi connectivity index (χ2n) is 10.3. The van der Waals surface area contributed by atoms with Gasteiger partial charge in [0.1, 0.15) is 6.33 Å². The number of thioether (sulfide) groups is 1. The zero-order valence-corrected chi connectivity index (χ0v) is 24.2. The van der Waals surface area contributed by atoms with Gasteiger partial charge in [0.25, 0.3) is 5.91 Å². The minimum atomic E-state index is -0.565. The van der Waals surface area contributed by atoms with Gasteiger partial charge in [0.15, 0.2) is 11.4 Å². The fourth-order valence-corrected chi connectivity index (χ4v) is 5.86. The van der Waals surface area contributed by atoms with Gasteiger partial charge in [-0.3, -0.25) is 9.89 Å². The van der Waals surface area contributed by atoms with E-state index >= 15 is 0 Å². The monoisotopic (exact) mass is 592 g/mol. The van der Waals surface area contributed by atoms with Crippen LogP contribution in [0.15, 0.2) is 115 Å². The highest BCUT2D eigenvalue weighted by Crippen LogP contribution is 2.40. The molecule has 3 atom stereocenters. The SMILES string of the molecule is O=C(NCc1cccc(-c2cccc([C@@H]3O[C@H](CSc4ncn[nH]4)C[C@H](c4ccc(CO)cc4)O3)c2)c1)c1ccccc1. The molecule has 3 N–H and O–H groups in total. The van der Waals surface area contributed by atoms with Crippen LogP contribution in [0.2, 0.25) is 0 Å². The first-order chi connectivity index (χ1) is 21.1. The fourth-order valence-electron chi connectivity index (χ4n) is 5.06. The van der Waals surface area contributed by atoms with Crippen molar-refractivity contribution in [2.24, 2.45) is 0 Å². The van der Waals surface area contributed by atoms with Crippen LogP contribution in [0.25, 0.3) is 11.1 Å². The lowest BCUT2D eigenvalue weighted by Crippen LogP contribution is -2.31. The normalized spacial score (nSPS) is 18.3. The van der Waals surface area contributed by atoms with Crippen molar-refractivity contribution in [1.82, 2.24) is 20.5 Å². The Labute approximate surface area is 254 Å². The number of benzene rings is 4. The van der Waals surface area contributed by atoms with Crippen molar-refractivity contribution in [1.29, 1.82) is 0 Å². The van der Waals surface area contributed by atoms with Gasteiger partial charge in [0.2, 0.25) is 0 Å². The summed E-state index contributed by atoms with van der Waals surface area (Å²) in [7, 11) is 0. The van der Waals surface area contributed by atoms with Crippen LogP contribution >= 0.6 is 11.8 Å². The Kier molecular flexibility index (Phi) is 9.25. The number of nitrogens with zero attached hydrogens (tertiary/aromatic N) is 2. The van der Waals surface area contributed by atoms with Crippen LogP contribution in [0, 0.1) is 0 Å². The van der Waals surface area contributed by atoms with Gasteiger partial charge in [0, 0.05) is 29.8 Å². The van der Waals surface area contributed by atoms with Crippen LogP contribution in [0.5, 0.6) is 0 Å². The Morgan fingerprint density at radius 1 is 0.884 bits per heavy atom. The van der Waals surface area contributed by atoms with E-state index in [2.05, 4.69) is 44.8 Å². The maximum absolute atomic E-state index is 12.5. The number of aromatic amines is 1. The number of nitrogens with one attached hydrogen (secondary N) is 2. The number of aliphatic hydroxyl groups is 1. The third-order valence-corrected chi connectivity index (χ3v) is 8.33. The minimum absolute atomic E-state index is 0.00137.